The maximum atomic E-state index is 12.3. The van der Waals surface area contributed by atoms with Gasteiger partial charge in [-0.1, -0.05) is 22.0 Å². The summed E-state index contributed by atoms with van der Waals surface area (Å²) >= 11 is 3.25. The summed E-state index contributed by atoms with van der Waals surface area (Å²) < 4.78 is 37.8. The minimum Gasteiger partial charge on any atom is -0.260 e. The Labute approximate surface area is 119 Å². The van der Waals surface area contributed by atoms with Crippen LogP contribution in [-0.4, -0.2) is 42.0 Å². The summed E-state index contributed by atoms with van der Waals surface area (Å²) in [7, 11) is -3.06. The van der Waals surface area contributed by atoms with Gasteiger partial charge in [-0.3, -0.25) is 4.21 Å². The predicted octanol–water partition coefficient (Wildman–Crippen LogP) is 1.84. The van der Waals surface area contributed by atoms with Crippen molar-refractivity contribution in [2.24, 2.45) is 0 Å². The average molecular weight is 354 g/mol. The molecule has 0 bridgehead atoms. The van der Waals surface area contributed by atoms with Gasteiger partial charge < -0.3 is 0 Å². The van der Waals surface area contributed by atoms with Gasteiger partial charge in [0.25, 0.3) is 0 Å². The molecule has 0 amide bonds. The summed E-state index contributed by atoms with van der Waals surface area (Å²) in [6.07, 6.45) is 1.57. The zero-order valence-electron chi connectivity index (χ0n) is 10.5. The Balaban J connectivity index is 3.03. The van der Waals surface area contributed by atoms with Crippen LogP contribution in [0.2, 0.25) is 0 Å². The summed E-state index contributed by atoms with van der Waals surface area (Å²) in [5, 5.41) is 0. The van der Waals surface area contributed by atoms with E-state index in [-0.39, 0.29) is 10.9 Å². The predicted molar refractivity (Wildman–Crippen MR) is 77.5 cm³/mol. The Bertz CT molecular complexity index is 545. The molecule has 0 fully saturated rings. The van der Waals surface area contributed by atoms with E-state index in [0.29, 0.717) is 10.2 Å². The molecule has 0 aliphatic carbocycles. The lowest BCUT2D eigenvalue weighted by Crippen LogP contribution is -2.38. The number of hydrogen-bond donors (Lipinski definition) is 0. The summed E-state index contributed by atoms with van der Waals surface area (Å²) in [5.41, 5.74) is 0. The number of rotatable bonds is 5. The van der Waals surface area contributed by atoms with E-state index in [4.69, 9.17) is 0 Å². The highest BCUT2D eigenvalue weighted by atomic mass is 79.9. The van der Waals surface area contributed by atoms with E-state index in [2.05, 4.69) is 15.9 Å². The fraction of sp³-hybridized carbons (Fsp3) is 0.455. The van der Waals surface area contributed by atoms with Crippen molar-refractivity contribution in [3.8, 4) is 0 Å². The van der Waals surface area contributed by atoms with Crippen molar-refractivity contribution in [1.82, 2.24) is 4.31 Å². The number of hydrogen-bond acceptors (Lipinski definition) is 3. The van der Waals surface area contributed by atoms with Crippen molar-refractivity contribution in [3.63, 3.8) is 0 Å². The molecule has 0 N–H and O–H groups in total. The van der Waals surface area contributed by atoms with Crippen LogP contribution in [-0.2, 0) is 20.8 Å². The van der Waals surface area contributed by atoms with Crippen molar-refractivity contribution in [2.75, 3.05) is 19.1 Å². The van der Waals surface area contributed by atoms with Crippen LogP contribution in [0.15, 0.2) is 33.6 Å². The number of halogens is 1. The van der Waals surface area contributed by atoms with Crippen molar-refractivity contribution in [3.05, 3.63) is 28.7 Å². The standard InChI is InChI=1S/C11H16BrNO3S2/c1-9(8-17(3)14)13(2)18(15,16)11-6-4-5-10(12)7-11/h4-7,9H,8H2,1-3H3/t9-,17+/m0/s1. The van der Waals surface area contributed by atoms with Crippen LogP contribution in [0.3, 0.4) is 0 Å². The smallest absolute Gasteiger partial charge is 0.243 e. The molecule has 0 aliphatic rings. The van der Waals surface area contributed by atoms with Crippen molar-refractivity contribution in [2.45, 2.75) is 17.9 Å². The molecule has 0 aromatic heterocycles. The average Bonchev–Trinajstić information content (AvgIpc) is 2.27. The summed E-state index contributed by atoms with van der Waals surface area (Å²) in [5.74, 6) is 0.323. The zero-order chi connectivity index (χ0) is 13.9. The second kappa shape index (κ2) is 6.27. The summed E-state index contributed by atoms with van der Waals surface area (Å²) in [6, 6.07) is 6.24. The largest absolute Gasteiger partial charge is 0.260 e. The molecule has 0 spiro atoms. The maximum absolute atomic E-state index is 12.3. The Morgan fingerprint density at radius 1 is 1.44 bits per heavy atom. The van der Waals surface area contributed by atoms with Crippen LogP contribution in [0.4, 0.5) is 0 Å². The highest BCUT2D eigenvalue weighted by Gasteiger charge is 2.25. The zero-order valence-corrected chi connectivity index (χ0v) is 13.7. The highest BCUT2D eigenvalue weighted by molar-refractivity contribution is 9.10. The third kappa shape index (κ3) is 3.88. The van der Waals surface area contributed by atoms with Gasteiger partial charge in [-0.05, 0) is 25.1 Å². The number of nitrogens with zero attached hydrogens (tertiary/aromatic N) is 1. The van der Waals surface area contributed by atoms with E-state index in [1.54, 1.807) is 37.4 Å². The van der Waals surface area contributed by atoms with Gasteiger partial charge in [0.1, 0.15) is 0 Å². The van der Waals surface area contributed by atoms with Gasteiger partial charge in [0, 0.05) is 40.4 Å². The number of benzene rings is 1. The SMILES string of the molecule is C[C@@H](C[S@@](C)=O)N(C)S(=O)(=O)c1cccc(Br)c1. The Morgan fingerprint density at radius 3 is 2.56 bits per heavy atom. The molecule has 2 atom stereocenters. The molecule has 0 heterocycles. The Hall–Kier alpha value is -0.240. The molecular weight excluding hydrogens is 338 g/mol. The van der Waals surface area contributed by atoms with Gasteiger partial charge in [0.15, 0.2) is 0 Å². The van der Waals surface area contributed by atoms with Gasteiger partial charge >= 0.3 is 0 Å². The highest BCUT2D eigenvalue weighted by Crippen LogP contribution is 2.20. The lowest BCUT2D eigenvalue weighted by molar-refractivity contribution is 0.413. The Morgan fingerprint density at radius 2 is 2.06 bits per heavy atom. The van der Waals surface area contributed by atoms with Gasteiger partial charge in [0.2, 0.25) is 10.0 Å². The van der Waals surface area contributed by atoms with Gasteiger partial charge in [0.05, 0.1) is 4.90 Å². The van der Waals surface area contributed by atoms with Crippen molar-refractivity contribution >= 4 is 36.8 Å². The van der Waals surface area contributed by atoms with Gasteiger partial charge in [-0.25, -0.2) is 8.42 Å². The molecule has 0 saturated carbocycles. The third-order valence-corrected chi connectivity index (χ3v) is 5.98. The quantitative estimate of drug-likeness (QED) is 0.811. The van der Waals surface area contributed by atoms with Crippen molar-refractivity contribution < 1.29 is 12.6 Å². The van der Waals surface area contributed by atoms with Crippen molar-refractivity contribution in [1.29, 1.82) is 0 Å². The molecule has 1 aromatic rings. The molecular formula is C11H16BrNO3S2. The fourth-order valence-corrected chi connectivity index (χ4v) is 4.43. The maximum Gasteiger partial charge on any atom is 0.243 e. The molecule has 1 rings (SSSR count). The molecule has 0 unspecified atom stereocenters. The van der Waals surface area contributed by atoms with Gasteiger partial charge in [-0.15, -0.1) is 0 Å². The lowest BCUT2D eigenvalue weighted by Gasteiger charge is -2.23. The van der Waals surface area contributed by atoms with Crippen LogP contribution in [0.5, 0.6) is 0 Å². The number of sulfonamides is 1. The summed E-state index contributed by atoms with van der Waals surface area (Å²) in [4.78, 5) is 0.230. The topological polar surface area (TPSA) is 54.5 Å². The van der Waals surface area contributed by atoms with Crippen LogP contribution in [0.1, 0.15) is 6.92 Å². The van der Waals surface area contributed by atoms with E-state index in [0.717, 1.165) is 0 Å². The molecule has 1 aromatic carbocycles. The first-order valence-corrected chi connectivity index (χ1v) is 9.25. The van der Waals surface area contributed by atoms with E-state index < -0.39 is 20.8 Å². The second-order valence-corrected chi connectivity index (χ2v) is 8.46. The Kier molecular flexibility index (Phi) is 5.51. The summed E-state index contributed by atoms with van der Waals surface area (Å²) in [6.45, 7) is 1.75. The monoisotopic (exact) mass is 353 g/mol. The molecule has 7 heteroatoms. The third-order valence-electron chi connectivity index (χ3n) is 2.57. The van der Waals surface area contributed by atoms with Crippen LogP contribution in [0.25, 0.3) is 0 Å². The van der Waals surface area contributed by atoms with Crippen LogP contribution < -0.4 is 0 Å². The second-order valence-electron chi connectivity index (χ2n) is 4.07. The molecule has 0 radical (unpaired) electrons. The van der Waals surface area contributed by atoms with E-state index in [9.17, 15) is 12.6 Å². The van der Waals surface area contributed by atoms with E-state index in [1.165, 1.54) is 11.4 Å². The normalized spacial score (nSPS) is 15.6. The van der Waals surface area contributed by atoms with E-state index in [1.807, 2.05) is 0 Å². The molecule has 4 nitrogen and oxygen atoms in total. The molecule has 0 saturated heterocycles. The van der Waals surface area contributed by atoms with E-state index >= 15 is 0 Å². The van der Waals surface area contributed by atoms with Crippen LogP contribution >= 0.6 is 15.9 Å². The van der Waals surface area contributed by atoms with Gasteiger partial charge in [-0.2, -0.15) is 4.31 Å². The first-order valence-electron chi connectivity index (χ1n) is 5.28. The first kappa shape index (κ1) is 15.8. The minimum atomic E-state index is -3.54. The fourth-order valence-electron chi connectivity index (χ4n) is 1.48. The van der Waals surface area contributed by atoms with Crippen LogP contribution in [0, 0.1) is 0 Å². The minimum absolute atomic E-state index is 0.230. The molecule has 0 aliphatic heterocycles. The molecule has 102 valence electrons. The first-order chi connectivity index (χ1) is 8.25. The lowest BCUT2D eigenvalue weighted by atomic mass is 10.4. The molecule has 18 heavy (non-hydrogen) atoms.